The standard InChI is InChI=1S/C15H18F2N2O/c1-19(10-4-5-18-8-10)15(20)12-7-11(12)9-2-3-13(16)14(17)6-9/h2-3,6,10-12,18H,4-5,7-8H2,1H3. The van der Waals surface area contributed by atoms with Crippen LogP contribution in [0.4, 0.5) is 8.78 Å². The van der Waals surface area contributed by atoms with E-state index in [9.17, 15) is 13.6 Å². The average Bonchev–Trinajstić information content (AvgIpc) is 3.05. The number of likely N-dealkylation sites (N-methyl/N-ethyl adjacent to an activating group) is 1. The van der Waals surface area contributed by atoms with Crippen molar-refractivity contribution in [1.82, 2.24) is 10.2 Å². The van der Waals surface area contributed by atoms with E-state index in [1.807, 2.05) is 11.9 Å². The Labute approximate surface area is 117 Å². The van der Waals surface area contributed by atoms with Gasteiger partial charge in [-0.05, 0) is 43.0 Å². The zero-order chi connectivity index (χ0) is 14.3. The summed E-state index contributed by atoms with van der Waals surface area (Å²) in [4.78, 5) is 14.2. The van der Waals surface area contributed by atoms with Gasteiger partial charge in [0.25, 0.3) is 0 Å². The van der Waals surface area contributed by atoms with Gasteiger partial charge < -0.3 is 10.2 Å². The Morgan fingerprint density at radius 3 is 2.80 bits per heavy atom. The highest BCUT2D eigenvalue weighted by molar-refractivity contribution is 5.83. The molecule has 0 aromatic heterocycles. The van der Waals surface area contributed by atoms with Crippen LogP contribution < -0.4 is 5.32 Å². The molecule has 3 rings (SSSR count). The molecule has 0 bridgehead atoms. The zero-order valence-corrected chi connectivity index (χ0v) is 11.4. The maximum atomic E-state index is 13.2. The van der Waals surface area contributed by atoms with Crippen molar-refractivity contribution < 1.29 is 13.6 Å². The molecule has 20 heavy (non-hydrogen) atoms. The van der Waals surface area contributed by atoms with E-state index in [-0.39, 0.29) is 23.8 Å². The molecule has 1 amide bonds. The fraction of sp³-hybridized carbons (Fsp3) is 0.533. The van der Waals surface area contributed by atoms with Gasteiger partial charge >= 0.3 is 0 Å². The summed E-state index contributed by atoms with van der Waals surface area (Å²) in [7, 11) is 1.83. The lowest BCUT2D eigenvalue weighted by Crippen LogP contribution is -2.39. The lowest BCUT2D eigenvalue weighted by molar-refractivity contribution is -0.133. The van der Waals surface area contributed by atoms with Gasteiger partial charge in [-0.1, -0.05) is 6.07 Å². The number of benzene rings is 1. The van der Waals surface area contributed by atoms with E-state index in [4.69, 9.17) is 0 Å². The van der Waals surface area contributed by atoms with Gasteiger partial charge in [0.15, 0.2) is 11.6 Å². The highest BCUT2D eigenvalue weighted by Crippen LogP contribution is 2.48. The summed E-state index contributed by atoms with van der Waals surface area (Å²) in [6.45, 7) is 1.78. The number of hydrogen-bond acceptors (Lipinski definition) is 2. The summed E-state index contributed by atoms with van der Waals surface area (Å²) in [6, 6.07) is 4.18. The van der Waals surface area contributed by atoms with Gasteiger partial charge in [-0.2, -0.15) is 0 Å². The van der Waals surface area contributed by atoms with Crippen molar-refractivity contribution in [2.45, 2.75) is 24.8 Å². The summed E-state index contributed by atoms with van der Waals surface area (Å²) < 4.78 is 26.1. The second kappa shape index (κ2) is 5.13. The van der Waals surface area contributed by atoms with E-state index >= 15 is 0 Å². The monoisotopic (exact) mass is 280 g/mol. The van der Waals surface area contributed by atoms with Gasteiger partial charge in [-0.15, -0.1) is 0 Å². The zero-order valence-electron chi connectivity index (χ0n) is 11.4. The molecular weight excluding hydrogens is 262 g/mol. The molecular formula is C15H18F2N2O. The Balaban J connectivity index is 1.65. The Hall–Kier alpha value is -1.49. The summed E-state index contributed by atoms with van der Waals surface area (Å²) >= 11 is 0. The Kier molecular flexibility index (Phi) is 3.46. The highest BCUT2D eigenvalue weighted by atomic mass is 19.2. The van der Waals surface area contributed by atoms with Crippen LogP contribution in [0.3, 0.4) is 0 Å². The van der Waals surface area contributed by atoms with Crippen molar-refractivity contribution in [3.63, 3.8) is 0 Å². The first-order valence-electron chi connectivity index (χ1n) is 7.00. The second-order valence-corrected chi connectivity index (χ2v) is 5.72. The van der Waals surface area contributed by atoms with Gasteiger partial charge in [0.2, 0.25) is 5.91 Å². The number of halogens is 2. The summed E-state index contributed by atoms with van der Waals surface area (Å²) in [5.74, 6) is -1.60. The molecule has 5 heteroatoms. The molecule has 0 spiro atoms. The first kappa shape index (κ1) is 13.5. The van der Waals surface area contributed by atoms with Crippen molar-refractivity contribution in [3.8, 4) is 0 Å². The average molecular weight is 280 g/mol. The SMILES string of the molecule is CN(C(=O)C1CC1c1ccc(F)c(F)c1)C1CCNC1. The third-order valence-electron chi connectivity index (χ3n) is 4.41. The number of carbonyl (C=O) groups excluding carboxylic acids is 1. The van der Waals surface area contributed by atoms with Crippen molar-refractivity contribution in [3.05, 3.63) is 35.4 Å². The minimum atomic E-state index is -0.841. The first-order chi connectivity index (χ1) is 9.58. The van der Waals surface area contributed by atoms with Gasteiger partial charge in [0, 0.05) is 25.6 Å². The summed E-state index contributed by atoms with van der Waals surface area (Å²) in [5, 5.41) is 3.24. The normalized spacial score (nSPS) is 28.4. The minimum Gasteiger partial charge on any atom is -0.341 e. The Morgan fingerprint density at radius 2 is 2.15 bits per heavy atom. The summed E-state index contributed by atoms with van der Waals surface area (Å²) in [5.41, 5.74) is 0.722. The number of amides is 1. The van der Waals surface area contributed by atoms with E-state index in [2.05, 4.69) is 5.32 Å². The number of carbonyl (C=O) groups is 1. The number of nitrogens with one attached hydrogen (secondary N) is 1. The molecule has 2 fully saturated rings. The maximum absolute atomic E-state index is 13.2. The molecule has 1 saturated carbocycles. The number of rotatable bonds is 3. The van der Waals surface area contributed by atoms with E-state index < -0.39 is 11.6 Å². The molecule has 3 atom stereocenters. The van der Waals surface area contributed by atoms with Crippen LogP contribution >= 0.6 is 0 Å². The van der Waals surface area contributed by atoms with Crippen LogP contribution in [0, 0.1) is 17.6 Å². The molecule has 1 aliphatic carbocycles. The van der Waals surface area contributed by atoms with Crippen LogP contribution in [0.15, 0.2) is 18.2 Å². The maximum Gasteiger partial charge on any atom is 0.226 e. The van der Waals surface area contributed by atoms with E-state index in [1.54, 1.807) is 6.07 Å². The van der Waals surface area contributed by atoms with Crippen LogP contribution in [0.25, 0.3) is 0 Å². The molecule has 0 radical (unpaired) electrons. The van der Waals surface area contributed by atoms with Crippen molar-refractivity contribution in [2.24, 2.45) is 5.92 Å². The van der Waals surface area contributed by atoms with E-state index in [0.717, 1.165) is 37.6 Å². The van der Waals surface area contributed by atoms with Crippen LogP contribution in [0.5, 0.6) is 0 Å². The van der Waals surface area contributed by atoms with Crippen LogP contribution in [-0.4, -0.2) is 37.0 Å². The largest absolute Gasteiger partial charge is 0.341 e. The Bertz CT molecular complexity index is 529. The minimum absolute atomic E-state index is 0.0365. The molecule has 3 nitrogen and oxygen atoms in total. The topological polar surface area (TPSA) is 32.3 Å². The van der Waals surface area contributed by atoms with Gasteiger partial charge in [0.05, 0.1) is 0 Å². The quantitative estimate of drug-likeness (QED) is 0.917. The highest BCUT2D eigenvalue weighted by Gasteiger charge is 2.46. The molecule has 1 saturated heterocycles. The third-order valence-corrected chi connectivity index (χ3v) is 4.41. The molecule has 1 N–H and O–H groups in total. The number of hydrogen-bond donors (Lipinski definition) is 1. The van der Waals surface area contributed by atoms with Crippen molar-refractivity contribution in [1.29, 1.82) is 0 Å². The molecule has 1 aliphatic heterocycles. The van der Waals surface area contributed by atoms with Crippen molar-refractivity contribution >= 4 is 5.91 Å². The lowest BCUT2D eigenvalue weighted by Gasteiger charge is -2.24. The summed E-state index contributed by atoms with van der Waals surface area (Å²) in [6.07, 6.45) is 1.71. The molecule has 2 aliphatic rings. The molecule has 108 valence electrons. The first-order valence-corrected chi connectivity index (χ1v) is 7.00. The van der Waals surface area contributed by atoms with Crippen LogP contribution in [0.2, 0.25) is 0 Å². The number of nitrogens with zero attached hydrogens (tertiary/aromatic N) is 1. The molecule has 3 unspecified atom stereocenters. The predicted molar refractivity (Wildman–Crippen MR) is 71.3 cm³/mol. The lowest BCUT2D eigenvalue weighted by atomic mass is 10.1. The fourth-order valence-electron chi connectivity index (χ4n) is 2.99. The third kappa shape index (κ3) is 2.42. The Morgan fingerprint density at radius 1 is 1.35 bits per heavy atom. The predicted octanol–water partition coefficient (Wildman–Crippen LogP) is 1.89. The van der Waals surface area contributed by atoms with Crippen molar-refractivity contribution in [2.75, 3.05) is 20.1 Å². The van der Waals surface area contributed by atoms with E-state index in [0.29, 0.717) is 0 Å². The van der Waals surface area contributed by atoms with Crippen LogP contribution in [0.1, 0.15) is 24.3 Å². The molecule has 1 heterocycles. The molecule has 1 aromatic carbocycles. The fourth-order valence-corrected chi connectivity index (χ4v) is 2.99. The molecule has 1 aromatic rings. The smallest absolute Gasteiger partial charge is 0.226 e. The van der Waals surface area contributed by atoms with E-state index in [1.165, 1.54) is 6.07 Å². The van der Waals surface area contributed by atoms with Crippen LogP contribution in [-0.2, 0) is 4.79 Å². The van der Waals surface area contributed by atoms with Gasteiger partial charge in [-0.25, -0.2) is 8.78 Å². The van der Waals surface area contributed by atoms with Gasteiger partial charge in [-0.3, -0.25) is 4.79 Å². The van der Waals surface area contributed by atoms with Gasteiger partial charge in [0.1, 0.15) is 0 Å². The second-order valence-electron chi connectivity index (χ2n) is 5.72.